The van der Waals surface area contributed by atoms with Gasteiger partial charge in [0.25, 0.3) is 5.91 Å². The molecule has 1 aromatic heterocycles. The largest absolute Gasteiger partial charge is 0.378 e. The molecule has 28 heavy (non-hydrogen) atoms. The molecule has 0 unspecified atom stereocenters. The zero-order chi connectivity index (χ0) is 19.2. The second-order valence-electron chi connectivity index (χ2n) is 6.50. The van der Waals surface area contributed by atoms with Crippen molar-refractivity contribution in [2.24, 2.45) is 5.10 Å². The van der Waals surface area contributed by atoms with Gasteiger partial charge in [-0.15, -0.1) is 0 Å². The molecule has 6 heteroatoms. The average molecular weight is 374 g/mol. The fraction of sp³-hybridized carbons (Fsp3) is 0.182. The second kappa shape index (κ2) is 8.54. The first-order valence-corrected chi connectivity index (χ1v) is 9.30. The minimum atomic E-state index is -0.245. The van der Waals surface area contributed by atoms with Crippen molar-refractivity contribution in [2.75, 3.05) is 31.2 Å². The van der Waals surface area contributed by atoms with Crippen molar-refractivity contribution in [2.45, 2.75) is 0 Å². The maximum absolute atomic E-state index is 12.6. The number of aromatic nitrogens is 1. The van der Waals surface area contributed by atoms with Crippen molar-refractivity contribution in [3.63, 3.8) is 0 Å². The lowest BCUT2D eigenvalue weighted by molar-refractivity contribution is 0.0955. The van der Waals surface area contributed by atoms with E-state index in [1.165, 1.54) is 5.69 Å². The summed E-state index contributed by atoms with van der Waals surface area (Å²) in [5.74, 6) is -0.245. The number of rotatable bonds is 5. The Labute approximate surface area is 164 Å². The van der Waals surface area contributed by atoms with E-state index in [0.29, 0.717) is 5.56 Å². The van der Waals surface area contributed by atoms with Crippen LogP contribution in [0, 0.1) is 0 Å². The van der Waals surface area contributed by atoms with Gasteiger partial charge >= 0.3 is 0 Å². The van der Waals surface area contributed by atoms with E-state index in [1.807, 2.05) is 59.4 Å². The molecule has 1 fully saturated rings. The van der Waals surface area contributed by atoms with Crippen LogP contribution < -0.4 is 10.3 Å². The molecule has 1 N–H and O–H groups in total. The number of carbonyl (C=O) groups is 1. The Bertz CT molecular complexity index is 943. The van der Waals surface area contributed by atoms with E-state index in [0.717, 1.165) is 37.6 Å². The van der Waals surface area contributed by atoms with E-state index < -0.39 is 0 Å². The average Bonchev–Trinajstić information content (AvgIpc) is 3.30. The molecule has 1 saturated heterocycles. The first-order chi connectivity index (χ1) is 13.8. The zero-order valence-electron chi connectivity index (χ0n) is 15.5. The number of para-hydroxylation sites is 1. The third-order valence-electron chi connectivity index (χ3n) is 4.68. The van der Waals surface area contributed by atoms with Crippen molar-refractivity contribution in [1.82, 2.24) is 9.99 Å². The molecule has 1 aliphatic heterocycles. The molecule has 1 amide bonds. The van der Waals surface area contributed by atoms with Crippen LogP contribution in [0.4, 0.5) is 5.69 Å². The Morgan fingerprint density at radius 1 is 0.964 bits per heavy atom. The number of benzene rings is 2. The minimum absolute atomic E-state index is 0.245. The molecule has 0 atom stereocenters. The molecule has 0 radical (unpaired) electrons. The maximum atomic E-state index is 12.6. The summed E-state index contributed by atoms with van der Waals surface area (Å²) in [4.78, 5) is 14.9. The van der Waals surface area contributed by atoms with Gasteiger partial charge in [0, 0.05) is 31.2 Å². The van der Waals surface area contributed by atoms with Gasteiger partial charge in [-0.25, -0.2) is 5.43 Å². The number of ether oxygens (including phenoxy) is 1. The highest BCUT2D eigenvalue weighted by atomic mass is 16.5. The van der Waals surface area contributed by atoms with Crippen LogP contribution in [0.15, 0.2) is 78.2 Å². The van der Waals surface area contributed by atoms with E-state index >= 15 is 0 Å². The van der Waals surface area contributed by atoms with E-state index in [9.17, 15) is 4.79 Å². The smallest absolute Gasteiger partial charge is 0.273 e. The molecule has 1 aliphatic rings. The lowest BCUT2D eigenvalue weighted by Gasteiger charge is -2.28. The summed E-state index contributed by atoms with van der Waals surface area (Å²) in [5.41, 5.74) is 6.10. The maximum Gasteiger partial charge on any atom is 0.273 e. The van der Waals surface area contributed by atoms with E-state index in [-0.39, 0.29) is 5.91 Å². The number of carbonyl (C=O) groups excluding carboxylic acids is 1. The van der Waals surface area contributed by atoms with Crippen LogP contribution >= 0.6 is 0 Å². The molecule has 0 spiro atoms. The van der Waals surface area contributed by atoms with Crippen LogP contribution in [-0.2, 0) is 4.74 Å². The van der Waals surface area contributed by atoms with Crippen molar-refractivity contribution >= 4 is 17.8 Å². The third kappa shape index (κ3) is 4.13. The molecule has 2 aromatic carbocycles. The van der Waals surface area contributed by atoms with Gasteiger partial charge in [-0.3, -0.25) is 4.79 Å². The SMILES string of the molecule is O=C(N/N=C\c1ccc(N2CCOCC2)cc1)c1ccccc1-n1cccc1. The lowest BCUT2D eigenvalue weighted by atomic mass is 10.1. The van der Waals surface area contributed by atoms with Crippen LogP contribution in [0.1, 0.15) is 15.9 Å². The summed E-state index contributed by atoms with van der Waals surface area (Å²) < 4.78 is 7.29. The Kier molecular flexibility index (Phi) is 5.49. The first-order valence-electron chi connectivity index (χ1n) is 9.30. The Morgan fingerprint density at radius 2 is 1.68 bits per heavy atom. The number of nitrogens with zero attached hydrogens (tertiary/aromatic N) is 3. The Balaban J connectivity index is 1.41. The van der Waals surface area contributed by atoms with E-state index in [2.05, 4.69) is 27.6 Å². The highest BCUT2D eigenvalue weighted by Crippen LogP contribution is 2.16. The molecular weight excluding hydrogens is 352 g/mol. The van der Waals surface area contributed by atoms with Crippen LogP contribution in [0.25, 0.3) is 5.69 Å². The Morgan fingerprint density at radius 3 is 2.43 bits per heavy atom. The van der Waals surface area contributed by atoms with Crippen molar-refractivity contribution in [3.05, 3.63) is 84.2 Å². The van der Waals surface area contributed by atoms with Gasteiger partial charge in [-0.2, -0.15) is 5.10 Å². The topological polar surface area (TPSA) is 58.9 Å². The molecule has 0 aliphatic carbocycles. The predicted octanol–water partition coefficient (Wildman–Crippen LogP) is 3.08. The number of anilines is 1. The molecule has 142 valence electrons. The van der Waals surface area contributed by atoms with E-state index in [1.54, 1.807) is 12.3 Å². The van der Waals surface area contributed by atoms with Gasteiger partial charge in [-0.05, 0) is 42.0 Å². The molecule has 2 heterocycles. The fourth-order valence-corrected chi connectivity index (χ4v) is 3.20. The summed E-state index contributed by atoms with van der Waals surface area (Å²) >= 11 is 0. The molecule has 6 nitrogen and oxygen atoms in total. The minimum Gasteiger partial charge on any atom is -0.378 e. The summed E-state index contributed by atoms with van der Waals surface area (Å²) in [5, 5.41) is 4.12. The van der Waals surface area contributed by atoms with Crippen molar-refractivity contribution in [3.8, 4) is 5.69 Å². The number of hydrazone groups is 1. The monoisotopic (exact) mass is 374 g/mol. The number of morpholine rings is 1. The van der Waals surface area contributed by atoms with Crippen LogP contribution in [-0.4, -0.2) is 43.0 Å². The first kappa shape index (κ1) is 18.0. The molecule has 4 rings (SSSR count). The van der Waals surface area contributed by atoms with Gasteiger partial charge in [0.15, 0.2) is 0 Å². The molecule has 0 bridgehead atoms. The van der Waals surface area contributed by atoms with Crippen LogP contribution in [0.3, 0.4) is 0 Å². The van der Waals surface area contributed by atoms with Gasteiger partial charge in [0.05, 0.1) is 30.7 Å². The second-order valence-corrected chi connectivity index (χ2v) is 6.50. The van der Waals surface area contributed by atoms with Crippen molar-refractivity contribution < 1.29 is 9.53 Å². The summed E-state index contributed by atoms with van der Waals surface area (Å²) in [6.07, 6.45) is 5.47. The lowest BCUT2D eigenvalue weighted by Crippen LogP contribution is -2.36. The number of amides is 1. The van der Waals surface area contributed by atoms with Gasteiger partial charge in [0.2, 0.25) is 0 Å². The van der Waals surface area contributed by atoms with Crippen LogP contribution in [0.5, 0.6) is 0 Å². The molecule has 0 saturated carbocycles. The number of nitrogens with one attached hydrogen (secondary N) is 1. The zero-order valence-corrected chi connectivity index (χ0v) is 15.5. The van der Waals surface area contributed by atoms with Gasteiger partial charge < -0.3 is 14.2 Å². The normalized spacial score (nSPS) is 14.4. The Hall–Kier alpha value is -3.38. The highest BCUT2D eigenvalue weighted by molar-refractivity contribution is 5.98. The molecule has 3 aromatic rings. The van der Waals surface area contributed by atoms with Crippen LogP contribution in [0.2, 0.25) is 0 Å². The predicted molar refractivity (Wildman–Crippen MR) is 110 cm³/mol. The molecular formula is C22H22N4O2. The summed E-state index contributed by atoms with van der Waals surface area (Å²) in [6.45, 7) is 3.34. The summed E-state index contributed by atoms with van der Waals surface area (Å²) in [6, 6.07) is 19.4. The number of hydrogen-bond acceptors (Lipinski definition) is 4. The number of hydrogen-bond donors (Lipinski definition) is 1. The third-order valence-corrected chi connectivity index (χ3v) is 4.68. The summed E-state index contributed by atoms with van der Waals surface area (Å²) in [7, 11) is 0. The van der Waals surface area contributed by atoms with E-state index in [4.69, 9.17) is 4.74 Å². The fourth-order valence-electron chi connectivity index (χ4n) is 3.20. The van der Waals surface area contributed by atoms with Gasteiger partial charge in [0.1, 0.15) is 0 Å². The standard InChI is InChI=1S/C22H22N4O2/c27-22(20-5-1-2-6-21(20)26-11-3-4-12-26)24-23-17-18-7-9-19(10-8-18)25-13-15-28-16-14-25/h1-12,17H,13-16H2,(H,24,27)/b23-17-. The van der Waals surface area contributed by atoms with Gasteiger partial charge in [-0.1, -0.05) is 24.3 Å². The highest BCUT2D eigenvalue weighted by Gasteiger charge is 2.12. The quantitative estimate of drug-likeness (QED) is 0.552. The van der Waals surface area contributed by atoms with Crippen molar-refractivity contribution in [1.29, 1.82) is 0 Å².